The second-order valence-electron chi connectivity index (χ2n) is 6.74. The van der Waals surface area contributed by atoms with Gasteiger partial charge in [0, 0.05) is 31.9 Å². The number of nitrogens with zero attached hydrogens (tertiary/aromatic N) is 4. The van der Waals surface area contributed by atoms with Crippen molar-refractivity contribution in [2.75, 3.05) is 44.2 Å². The van der Waals surface area contributed by atoms with Crippen molar-refractivity contribution < 1.29 is 9.66 Å². The summed E-state index contributed by atoms with van der Waals surface area (Å²) in [6.07, 6.45) is 6.65. The molecule has 0 bridgehead atoms. The third-order valence-electron chi connectivity index (χ3n) is 4.83. The molecule has 3 heterocycles. The zero-order valence-corrected chi connectivity index (χ0v) is 14.3. The van der Waals surface area contributed by atoms with Crippen LogP contribution in [0.4, 0.5) is 11.5 Å². The number of hydrogen-bond acceptors (Lipinski definition) is 6. The molecule has 7 heteroatoms. The van der Waals surface area contributed by atoms with Gasteiger partial charge in [-0.3, -0.25) is 10.1 Å². The smallest absolute Gasteiger partial charge is 0.311 e. The van der Waals surface area contributed by atoms with Crippen LogP contribution in [0.3, 0.4) is 0 Å². The second-order valence-corrected chi connectivity index (χ2v) is 6.74. The number of ether oxygens (including phenoxy) is 1. The molecule has 0 aliphatic carbocycles. The molecule has 0 aromatic carbocycles. The van der Waals surface area contributed by atoms with Gasteiger partial charge in [-0.1, -0.05) is 6.42 Å². The van der Waals surface area contributed by atoms with Gasteiger partial charge in [0.25, 0.3) is 0 Å². The Kier molecular flexibility index (Phi) is 5.63. The van der Waals surface area contributed by atoms with Gasteiger partial charge in [-0.05, 0) is 44.8 Å². The standard InChI is InChI=1S/C17H26N4O3/c1-14-11-16(21(22)23)17(18-12-14)20-8-5-15(13-20)24-10-9-19-6-3-2-4-7-19/h11-12,15H,2-10,13H2,1H3/t15-/m1/s1. The van der Waals surface area contributed by atoms with Gasteiger partial charge in [0.15, 0.2) is 0 Å². The normalized spacial score (nSPS) is 22.0. The predicted molar refractivity (Wildman–Crippen MR) is 92.5 cm³/mol. The quantitative estimate of drug-likeness (QED) is 0.587. The molecule has 0 amide bonds. The van der Waals surface area contributed by atoms with E-state index in [2.05, 4.69) is 9.88 Å². The summed E-state index contributed by atoms with van der Waals surface area (Å²) in [4.78, 5) is 19.6. The SMILES string of the molecule is Cc1cnc(N2CC[C@@H](OCCN3CCCCC3)C2)c([N+](=O)[O-])c1. The van der Waals surface area contributed by atoms with Crippen LogP contribution in [0.25, 0.3) is 0 Å². The summed E-state index contributed by atoms with van der Waals surface area (Å²) in [6, 6.07) is 1.59. The van der Waals surface area contributed by atoms with Gasteiger partial charge in [0.2, 0.25) is 5.82 Å². The van der Waals surface area contributed by atoms with Crippen molar-refractivity contribution in [3.05, 3.63) is 27.9 Å². The number of rotatable bonds is 6. The minimum absolute atomic E-state index is 0.0870. The maximum Gasteiger partial charge on any atom is 0.311 e. The minimum atomic E-state index is -0.347. The number of aromatic nitrogens is 1. The van der Waals surface area contributed by atoms with Crippen molar-refractivity contribution in [2.45, 2.75) is 38.7 Å². The van der Waals surface area contributed by atoms with Crippen LogP contribution >= 0.6 is 0 Å². The summed E-state index contributed by atoms with van der Waals surface area (Å²) in [7, 11) is 0. The van der Waals surface area contributed by atoms with Gasteiger partial charge in [-0.25, -0.2) is 4.98 Å². The molecule has 1 atom stereocenters. The molecule has 1 aromatic rings. The van der Waals surface area contributed by atoms with Gasteiger partial charge in [0.1, 0.15) is 0 Å². The molecule has 0 radical (unpaired) electrons. The molecule has 24 heavy (non-hydrogen) atoms. The van der Waals surface area contributed by atoms with Crippen molar-refractivity contribution in [1.29, 1.82) is 0 Å². The van der Waals surface area contributed by atoms with Gasteiger partial charge >= 0.3 is 5.69 Å². The van der Waals surface area contributed by atoms with Gasteiger partial charge in [0.05, 0.1) is 17.6 Å². The summed E-state index contributed by atoms with van der Waals surface area (Å²) < 4.78 is 6.00. The molecule has 2 fully saturated rings. The van der Waals surface area contributed by atoms with Crippen LogP contribution in [0.15, 0.2) is 12.3 Å². The average molecular weight is 334 g/mol. The summed E-state index contributed by atoms with van der Waals surface area (Å²) in [5.41, 5.74) is 0.892. The molecule has 0 unspecified atom stereocenters. The van der Waals surface area contributed by atoms with Crippen LogP contribution < -0.4 is 4.90 Å². The van der Waals surface area contributed by atoms with Crippen molar-refractivity contribution in [3.63, 3.8) is 0 Å². The molecular formula is C17H26N4O3. The maximum absolute atomic E-state index is 11.3. The maximum atomic E-state index is 11.3. The number of likely N-dealkylation sites (tertiary alicyclic amines) is 1. The Morgan fingerprint density at radius 2 is 2.12 bits per heavy atom. The van der Waals surface area contributed by atoms with E-state index >= 15 is 0 Å². The first-order valence-corrected chi connectivity index (χ1v) is 8.83. The number of anilines is 1. The van der Waals surface area contributed by atoms with Crippen molar-refractivity contribution in [3.8, 4) is 0 Å². The summed E-state index contributed by atoms with van der Waals surface area (Å²) >= 11 is 0. The van der Waals surface area contributed by atoms with Crippen LogP contribution in [-0.2, 0) is 4.74 Å². The Morgan fingerprint density at radius 1 is 1.33 bits per heavy atom. The lowest BCUT2D eigenvalue weighted by Crippen LogP contribution is -2.34. The number of pyridine rings is 1. The van der Waals surface area contributed by atoms with E-state index in [0.29, 0.717) is 12.4 Å². The summed E-state index contributed by atoms with van der Waals surface area (Å²) in [6.45, 7) is 7.34. The van der Waals surface area contributed by atoms with E-state index in [1.165, 1.54) is 32.4 Å². The minimum Gasteiger partial charge on any atom is -0.375 e. The molecular weight excluding hydrogens is 308 g/mol. The highest BCUT2D eigenvalue weighted by molar-refractivity contribution is 5.59. The number of piperidine rings is 1. The summed E-state index contributed by atoms with van der Waals surface area (Å²) in [5, 5.41) is 11.3. The fourth-order valence-electron chi connectivity index (χ4n) is 3.51. The van der Waals surface area contributed by atoms with Crippen LogP contribution in [-0.4, -0.2) is 60.2 Å². The van der Waals surface area contributed by atoms with E-state index in [-0.39, 0.29) is 16.7 Å². The fraction of sp³-hybridized carbons (Fsp3) is 0.706. The van der Waals surface area contributed by atoms with E-state index in [1.54, 1.807) is 12.3 Å². The second kappa shape index (κ2) is 7.90. The van der Waals surface area contributed by atoms with Crippen LogP contribution in [0.2, 0.25) is 0 Å². The zero-order valence-electron chi connectivity index (χ0n) is 14.3. The first-order chi connectivity index (χ1) is 11.6. The highest BCUT2D eigenvalue weighted by Gasteiger charge is 2.29. The molecule has 1 aromatic heterocycles. The van der Waals surface area contributed by atoms with Crippen molar-refractivity contribution in [2.24, 2.45) is 0 Å². The number of aryl methyl sites for hydroxylation is 1. The highest BCUT2D eigenvalue weighted by Crippen LogP contribution is 2.29. The van der Waals surface area contributed by atoms with Gasteiger partial charge in [-0.15, -0.1) is 0 Å². The number of hydrogen-bond donors (Lipinski definition) is 0. The van der Waals surface area contributed by atoms with Crippen molar-refractivity contribution >= 4 is 11.5 Å². The third-order valence-corrected chi connectivity index (χ3v) is 4.83. The molecule has 2 aliphatic rings. The van der Waals surface area contributed by atoms with Crippen LogP contribution in [0.5, 0.6) is 0 Å². The Hall–Kier alpha value is -1.73. The average Bonchev–Trinajstić information content (AvgIpc) is 3.04. The molecule has 0 spiro atoms. The van der Waals surface area contributed by atoms with Crippen LogP contribution in [0.1, 0.15) is 31.2 Å². The van der Waals surface area contributed by atoms with Gasteiger partial charge < -0.3 is 14.5 Å². The Balaban J connectivity index is 1.51. The zero-order chi connectivity index (χ0) is 16.9. The Bertz CT molecular complexity index is 575. The monoisotopic (exact) mass is 334 g/mol. The molecule has 7 nitrogen and oxygen atoms in total. The van der Waals surface area contributed by atoms with E-state index in [4.69, 9.17) is 4.74 Å². The largest absolute Gasteiger partial charge is 0.375 e. The Labute approximate surface area is 142 Å². The molecule has 2 aliphatic heterocycles. The first-order valence-electron chi connectivity index (χ1n) is 8.83. The predicted octanol–water partition coefficient (Wildman–Crippen LogP) is 2.38. The fourth-order valence-corrected chi connectivity index (χ4v) is 3.51. The number of nitro groups is 1. The van der Waals surface area contributed by atoms with E-state index in [1.807, 2.05) is 11.8 Å². The summed E-state index contributed by atoms with van der Waals surface area (Å²) in [5.74, 6) is 0.465. The van der Waals surface area contributed by atoms with Crippen LogP contribution in [0, 0.1) is 17.0 Å². The van der Waals surface area contributed by atoms with E-state index in [0.717, 1.165) is 31.7 Å². The topological polar surface area (TPSA) is 71.7 Å². The lowest BCUT2D eigenvalue weighted by atomic mass is 10.1. The Morgan fingerprint density at radius 3 is 2.88 bits per heavy atom. The molecule has 132 valence electrons. The molecule has 0 N–H and O–H groups in total. The highest BCUT2D eigenvalue weighted by atomic mass is 16.6. The van der Waals surface area contributed by atoms with E-state index in [9.17, 15) is 10.1 Å². The van der Waals surface area contributed by atoms with Gasteiger partial charge in [-0.2, -0.15) is 0 Å². The molecule has 3 rings (SSSR count). The molecule has 2 saturated heterocycles. The first kappa shape index (κ1) is 17.1. The molecule has 0 saturated carbocycles. The third kappa shape index (κ3) is 4.21. The lowest BCUT2D eigenvalue weighted by molar-refractivity contribution is -0.384. The van der Waals surface area contributed by atoms with E-state index < -0.39 is 0 Å². The van der Waals surface area contributed by atoms with Crippen molar-refractivity contribution in [1.82, 2.24) is 9.88 Å². The lowest BCUT2D eigenvalue weighted by Gasteiger charge is -2.26.